The monoisotopic (exact) mass is 482 g/mol. The predicted molar refractivity (Wildman–Crippen MR) is 134 cm³/mol. The Morgan fingerprint density at radius 1 is 1.21 bits per heavy atom. The highest BCUT2D eigenvalue weighted by molar-refractivity contribution is 7.18. The fourth-order valence-corrected chi connectivity index (χ4v) is 6.79. The molecule has 0 atom stereocenters. The molecule has 1 aromatic carbocycles. The van der Waals surface area contributed by atoms with Gasteiger partial charge in [-0.1, -0.05) is 11.6 Å². The van der Waals surface area contributed by atoms with Crippen LogP contribution in [0.1, 0.15) is 34.8 Å². The normalized spacial score (nSPS) is 18.4. The van der Waals surface area contributed by atoms with E-state index >= 15 is 0 Å². The van der Waals surface area contributed by atoms with Crippen LogP contribution in [0.4, 0.5) is 0 Å². The van der Waals surface area contributed by atoms with Gasteiger partial charge < -0.3 is 14.2 Å². The van der Waals surface area contributed by atoms with Crippen LogP contribution in [0.15, 0.2) is 40.0 Å². The topological polar surface area (TPSA) is 54.5 Å². The summed E-state index contributed by atoms with van der Waals surface area (Å²) >= 11 is 7.89. The van der Waals surface area contributed by atoms with Gasteiger partial charge in [-0.05, 0) is 69.1 Å². The number of halogens is 1. The number of hydrogen-bond acceptors (Lipinski definition) is 6. The number of benzene rings is 1. The van der Waals surface area contributed by atoms with Gasteiger partial charge in [0.1, 0.15) is 10.4 Å². The molecule has 0 N–H and O–H groups in total. The minimum Gasteiger partial charge on any atom is -0.464 e. The lowest BCUT2D eigenvalue weighted by Gasteiger charge is -2.31. The van der Waals surface area contributed by atoms with Crippen LogP contribution < -0.4 is 5.56 Å². The van der Waals surface area contributed by atoms with Crippen LogP contribution in [0, 0.1) is 0 Å². The Balaban J connectivity index is 1.13. The second-order valence-corrected chi connectivity index (χ2v) is 10.9. The van der Waals surface area contributed by atoms with Crippen molar-refractivity contribution in [3.05, 3.63) is 62.2 Å². The Bertz CT molecular complexity index is 1380. The summed E-state index contributed by atoms with van der Waals surface area (Å²) in [5.41, 5.74) is 3.53. The average molecular weight is 483 g/mol. The molecule has 0 radical (unpaired) electrons. The standard InChI is InChI=1S/C25H27ClN4O2S/c1-28-7-6-18-22(13-28)33-24-23(18)25(31)30(15-27-24)11-10-29-8-4-16(5-9-29)20-14-32-21-3-2-17(26)12-19(20)21/h2-3,12,14-16H,4-11,13H2,1H3. The van der Waals surface area contributed by atoms with Gasteiger partial charge in [0.25, 0.3) is 5.56 Å². The molecule has 0 saturated carbocycles. The van der Waals surface area contributed by atoms with Crippen molar-refractivity contribution in [2.45, 2.75) is 38.3 Å². The van der Waals surface area contributed by atoms with Crippen molar-refractivity contribution < 1.29 is 4.42 Å². The van der Waals surface area contributed by atoms with Crippen LogP contribution in [0.3, 0.4) is 0 Å². The van der Waals surface area contributed by atoms with Crippen LogP contribution >= 0.6 is 22.9 Å². The predicted octanol–water partition coefficient (Wildman–Crippen LogP) is 4.73. The fraction of sp³-hybridized carbons (Fsp3) is 0.440. The quantitative estimate of drug-likeness (QED) is 0.421. The third-order valence-corrected chi connectivity index (χ3v) is 8.63. The summed E-state index contributed by atoms with van der Waals surface area (Å²) in [7, 11) is 2.13. The second-order valence-electron chi connectivity index (χ2n) is 9.36. The Hall–Kier alpha value is -2.19. The number of nitrogens with zero attached hydrogens (tertiary/aromatic N) is 4. The van der Waals surface area contributed by atoms with Crippen LogP contribution in [-0.4, -0.2) is 52.6 Å². The maximum atomic E-state index is 13.3. The van der Waals surface area contributed by atoms with Crippen LogP contribution in [-0.2, 0) is 19.5 Å². The van der Waals surface area contributed by atoms with E-state index in [1.807, 2.05) is 29.0 Å². The van der Waals surface area contributed by atoms with Gasteiger partial charge in [0.15, 0.2) is 0 Å². The van der Waals surface area contributed by atoms with Crippen molar-refractivity contribution in [3.8, 4) is 0 Å². The number of thiophene rings is 1. The van der Waals surface area contributed by atoms with Gasteiger partial charge in [-0.3, -0.25) is 9.36 Å². The molecule has 4 aromatic rings. The van der Waals surface area contributed by atoms with Crippen LogP contribution in [0.2, 0.25) is 5.02 Å². The molecule has 6 nitrogen and oxygen atoms in total. The summed E-state index contributed by atoms with van der Waals surface area (Å²) in [4.78, 5) is 24.9. The zero-order chi connectivity index (χ0) is 22.5. The number of piperidine rings is 1. The van der Waals surface area contributed by atoms with E-state index in [4.69, 9.17) is 16.0 Å². The van der Waals surface area contributed by atoms with E-state index in [-0.39, 0.29) is 5.56 Å². The van der Waals surface area contributed by atoms with E-state index in [0.29, 0.717) is 12.5 Å². The molecule has 1 saturated heterocycles. The lowest BCUT2D eigenvalue weighted by Crippen LogP contribution is -2.36. The summed E-state index contributed by atoms with van der Waals surface area (Å²) in [6, 6.07) is 5.83. The number of fused-ring (bicyclic) bond motifs is 4. The summed E-state index contributed by atoms with van der Waals surface area (Å²) in [5.74, 6) is 0.483. The first-order valence-corrected chi connectivity index (χ1v) is 12.8. The number of aromatic nitrogens is 2. The highest BCUT2D eigenvalue weighted by atomic mass is 35.5. The van der Waals surface area contributed by atoms with Gasteiger partial charge in [-0.15, -0.1) is 11.3 Å². The van der Waals surface area contributed by atoms with E-state index in [1.54, 1.807) is 17.7 Å². The molecule has 2 aliphatic rings. The van der Waals surface area contributed by atoms with Gasteiger partial charge >= 0.3 is 0 Å². The van der Waals surface area contributed by atoms with E-state index in [2.05, 4.69) is 21.8 Å². The molecule has 1 fully saturated rings. The summed E-state index contributed by atoms with van der Waals surface area (Å²) in [5, 5.41) is 2.74. The summed E-state index contributed by atoms with van der Waals surface area (Å²) in [6.07, 6.45) is 6.75. The van der Waals surface area contributed by atoms with Crippen molar-refractivity contribution in [1.82, 2.24) is 19.4 Å². The number of hydrogen-bond donors (Lipinski definition) is 0. The van der Waals surface area contributed by atoms with Crippen molar-refractivity contribution >= 4 is 44.1 Å². The van der Waals surface area contributed by atoms with Crippen molar-refractivity contribution in [2.75, 3.05) is 33.2 Å². The minimum atomic E-state index is 0.124. The molecule has 172 valence electrons. The van der Waals surface area contributed by atoms with Crippen molar-refractivity contribution in [2.24, 2.45) is 0 Å². The van der Waals surface area contributed by atoms with Crippen molar-refractivity contribution in [1.29, 1.82) is 0 Å². The molecule has 33 heavy (non-hydrogen) atoms. The molecule has 2 aliphatic heterocycles. The highest BCUT2D eigenvalue weighted by Crippen LogP contribution is 2.35. The second kappa shape index (κ2) is 8.55. The SMILES string of the molecule is CN1CCc2c(sc3ncn(CCN4CCC(c5coc6ccc(Cl)cc56)CC4)c(=O)c23)C1. The molecular weight excluding hydrogens is 456 g/mol. The first kappa shape index (κ1) is 21.4. The Morgan fingerprint density at radius 3 is 2.91 bits per heavy atom. The fourth-order valence-electron chi connectivity index (χ4n) is 5.36. The zero-order valence-corrected chi connectivity index (χ0v) is 20.3. The maximum absolute atomic E-state index is 13.3. The largest absolute Gasteiger partial charge is 0.464 e. The van der Waals surface area contributed by atoms with Gasteiger partial charge in [0, 0.05) is 47.0 Å². The molecule has 5 heterocycles. The maximum Gasteiger partial charge on any atom is 0.262 e. The van der Waals surface area contributed by atoms with E-state index in [1.165, 1.54) is 16.0 Å². The first-order chi connectivity index (χ1) is 16.1. The molecule has 0 unspecified atom stereocenters. The van der Waals surface area contributed by atoms with Crippen molar-refractivity contribution in [3.63, 3.8) is 0 Å². The third kappa shape index (κ3) is 3.91. The number of likely N-dealkylation sites (N-methyl/N-ethyl adjacent to an activating group) is 1. The van der Waals surface area contributed by atoms with Crippen LogP contribution in [0.25, 0.3) is 21.2 Å². The van der Waals surface area contributed by atoms with E-state index in [9.17, 15) is 4.79 Å². The minimum absolute atomic E-state index is 0.124. The Kier molecular flexibility index (Phi) is 5.53. The van der Waals surface area contributed by atoms with Crippen LogP contribution in [0.5, 0.6) is 0 Å². The molecule has 0 spiro atoms. The van der Waals surface area contributed by atoms with Gasteiger partial charge in [0.2, 0.25) is 0 Å². The lowest BCUT2D eigenvalue weighted by molar-refractivity contribution is 0.204. The Labute approximate surface area is 201 Å². The van der Waals surface area contributed by atoms with Gasteiger partial charge in [0.05, 0.1) is 18.0 Å². The van der Waals surface area contributed by atoms with Gasteiger partial charge in [-0.2, -0.15) is 0 Å². The summed E-state index contributed by atoms with van der Waals surface area (Å²) < 4.78 is 7.57. The molecule has 8 heteroatoms. The zero-order valence-electron chi connectivity index (χ0n) is 18.7. The smallest absolute Gasteiger partial charge is 0.262 e. The molecular formula is C25H27ClN4O2S. The molecule has 6 rings (SSSR count). The molecule has 0 aliphatic carbocycles. The number of likely N-dealkylation sites (tertiary alicyclic amines) is 1. The third-order valence-electron chi connectivity index (χ3n) is 7.27. The number of rotatable bonds is 4. The number of furan rings is 1. The lowest BCUT2D eigenvalue weighted by atomic mass is 9.89. The van der Waals surface area contributed by atoms with Gasteiger partial charge in [-0.25, -0.2) is 4.98 Å². The average Bonchev–Trinajstić information content (AvgIpc) is 3.40. The van der Waals surface area contributed by atoms with E-state index < -0.39 is 0 Å². The van der Waals surface area contributed by atoms with E-state index in [0.717, 1.165) is 78.2 Å². The Morgan fingerprint density at radius 2 is 2.06 bits per heavy atom. The first-order valence-electron chi connectivity index (χ1n) is 11.6. The molecule has 0 amide bonds. The molecule has 3 aromatic heterocycles. The highest BCUT2D eigenvalue weighted by Gasteiger charge is 2.25. The molecule has 0 bridgehead atoms. The summed E-state index contributed by atoms with van der Waals surface area (Å²) in [6.45, 7) is 5.50.